The van der Waals surface area contributed by atoms with Gasteiger partial charge in [0.05, 0.1) is 4.92 Å². The van der Waals surface area contributed by atoms with Gasteiger partial charge in [0, 0.05) is 19.2 Å². The number of hydrogen-bond acceptors (Lipinski definition) is 5. The molecule has 2 N–H and O–H groups in total. The number of aliphatic hydroxyl groups is 1. The van der Waals surface area contributed by atoms with Gasteiger partial charge < -0.3 is 10.4 Å². The van der Waals surface area contributed by atoms with Crippen LogP contribution in [0.2, 0.25) is 5.15 Å². The highest BCUT2D eigenvalue weighted by Gasteiger charge is 2.15. The van der Waals surface area contributed by atoms with Crippen molar-refractivity contribution in [2.75, 3.05) is 18.5 Å². The number of nitro groups is 1. The van der Waals surface area contributed by atoms with E-state index in [2.05, 4.69) is 10.3 Å². The molecular weight excluding hydrogens is 234 g/mol. The lowest BCUT2D eigenvalue weighted by atomic mass is 10.2. The average Bonchev–Trinajstić information content (AvgIpc) is 2.25. The van der Waals surface area contributed by atoms with Crippen molar-refractivity contribution in [1.29, 1.82) is 0 Å². The van der Waals surface area contributed by atoms with Crippen LogP contribution in [0.3, 0.4) is 0 Å². The highest BCUT2D eigenvalue weighted by molar-refractivity contribution is 6.29. The fraction of sp³-hybridized carbons (Fsp3) is 0.444. The maximum Gasteiger partial charge on any atom is 0.311 e. The largest absolute Gasteiger partial charge is 0.396 e. The number of hydrogen-bond donors (Lipinski definition) is 2. The van der Waals surface area contributed by atoms with Crippen LogP contribution in [0, 0.1) is 16.0 Å². The minimum atomic E-state index is -0.532. The van der Waals surface area contributed by atoms with Crippen LogP contribution < -0.4 is 5.32 Å². The van der Waals surface area contributed by atoms with Crippen molar-refractivity contribution in [1.82, 2.24) is 4.98 Å². The van der Waals surface area contributed by atoms with Crippen LogP contribution in [0.4, 0.5) is 11.5 Å². The molecule has 1 atom stereocenters. The molecule has 0 saturated carbocycles. The van der Waals surface area contributed by atoms with Crippen LogP contribution >= 0.6 is 11.6 Å². The van der Waals surface area contributed by atoms with Crippen molar-refractivity contribution < 1.29 is 10.0 Å². The summed E-state index contributed by atoms with van der Waals surface area (Å²) in [6.07, 6.45) is 0. The number of anilines is 1. The molecule has 0 amide bonds. The van der Waals surface area contributed by atoms with E-state index in [-0.39, 0.29) is 29.2 Å². The van der Waals surface area contributed by atoms with E-state index < -0.39 is 4.92 Å². The molecule has 0 fully saturated rings. The molecule has 0 aromatic carbocycles. The first-order chi connectivity index (χ1) is 7.54. The predicted molar refractivity (Wildman–Crippen MR) is 60.6 cm³/mol. The van der Waals surface area contributed by atoms with Crippen LogP contribution in [0.15, 0.2) is 12.1 Å². The second-order valence-corrected chi connectivity index (χ2v) is 3.81. The Labute approximate surface area is 97.4 Å². The van der Waals surface area contributed by atoms with Gasteiger partial charge >= 0.3 is 5.69 Å². The fourth-order valence-corrected chi connectivity index (χ4v) is 1.19. The minimum absolute atomic E-state index is 0.00135. The number of halogens is 1. The number of aromatic nitrogens is 1. The molecule has 1 aromatic rings. The average molecular weight is 246 g/mol. The SMILES string of the molecule is CC(CO)CNc1nc(Cl)ccc1[N+](=O)[O-]. The summed E-state index contributed by atoms with van der Waals surface area (Å²) in [5.41, 5.74) is -0.130. The summed E-state index contributed by atoms with van der Waals surface area (Å²) >= 11 is 5.65. The summed E-state index contributed by atoms with van der Waals surface area (Å²) in [7, 11) is 0. The summed E-state index contributed by atoms with van der Waals surface area (Å²) in [6, 6.07) is 2.65. The zero-order valence-corrected chi connectivity index (χ0v) is 9.44. The molecule has 0 aliphatic heterocycles. The van der Waals surface area contributed by atoms with Crippen LogP contribution in [0.1, 0.15) is 6.92 Å². The van der Waals surface area contributed by atoms with E-state index in [1.165, 1.54) is 12.1 Å². The lowest BCUT2D eigenvalue weighted by molar-refractivity contribution is -0.384. The number of rotatable bonds is 5. The van der Waals surface area contributed by atoms with Gasteiger partial charge in [-0.1, -0.05) is 18.5 Å². The molecule has 16 heavy (non-hydrogen) atoms. The summed E-state index contributed by atoms with van der Waals surface area (Å²) in [5, 5.41) is 22.5. The third-order valence-electron chi connectivity index (χ3n) is 1.97. The van der Waals surface area contributed by atoms with E-state index in [4.69, 9.17) is 16.7 Å². The first-order valence-electron chi connectivity index (χ1n) is 4.70. The molecule has 7 heteroatoms. The second-order valence-electron chi connectivity index (χ2n) is 3.43. The molecule has 0 spiro atoms. The molecule has 1 unspecified atom stereocenters. The fourth-order valence-electron chi connectivity index (χ4n) is 1.04. The predicted octanol–water partition coefficient (Wildman–Crippen LogP) is 1.68. The molecule has 1 aromatic heterocycles. The Kier molecular flexibility index (Phi) is 4.45. The highest BCUT2D eigenvalue weighted by atomic mass is 35.5. The Hall–Kier alpha value is -1.40. The number of pyridine rings is 1. The van der Waals surface area contributed by atoms with Gasteiger partial charge in [0.1, 0.15) is 5.15 Å². The summed E-state index contributed by atoms with van der Waals surface area (Å²) in [4.78, 5) is 14.0. The molecule has 6 nitrogen and oxygen atoms in total. The maximum atomic E-state index is 10.7. The molecule has 1 heterocycles. The van der Waals surface area contributed by atoms with Crippen molar-refractivity contribution in [3.8, 4) is 0 Å². The van der Waals surface area contributed by atoms with Gasteiger partial charge in [-0.2, -0.15) is 0 Å². The van der Waals surface area contributed by atoms with Gasteiger partial charge in [0.2, 0.25) is 5.82 Å². The Bertz CT molecular complexity index is 386. The summed E-state index contributed by atoms with van der Waals surface area (Å²) in [5.74, 6) is 0.109. The third kappa shape index (κ3) is 3.32. The van der Waals surface area contributed by atoms with E-state index in [9.17, 15) is 10.1 Å². The van der Waals surface area contributed by atoms with Crippen molar-refractivity contribution in [3.63, 3.8) is 0 Å². The van der Waals surface area contributed by atoms with Gasteiger partial charge in [0.15, 0.2) is 0 Å². The summed E-state index contributed by atoms with van der Waals surface area (Å²) in [6.45, 7) is 2.20. The van der Waals surface area contributed by atoms with E-state index in [1.807, 2.05) is 6.92 Å². The van der Waals surface area contributed by atoms with E-state index in [0.29, 0.717) is 6.54 Å². The van der Waals surface area contributed by atoms with Gasteiger partial charge in [0.25, 0.3) is 0 Å². The van der Waals surface area contributed by atoms with Gasteiger partial charge in [-0.15, -0.1) is 0 Å². The van der Waals surface area contributed by atoms with Crippen molar-refractivity contribution >= 4 is 23.1 Å². The van der Waals surface area contributed by atoms with Crippen molar-refractivity contribution in [2.24, 2.45) is 5.92 Å². The Morgan fingerprint density at radius 3 is 2.94 bits per heavy atom. The van der Waals surface area contributed by atoms with Crippen molar-refractivity contribution in [3.05, 3.63) is 27.4 Å². The smallest absolute Gasteiger partial charge is 0.311 e. The lowest BCUT2D eigenvalue weighted by Gasteiger charge is -2.10. The normalized spacial score (nSPS) is 12.2. The second kappa shape index (κ2) is 5.62. The van der Waals surface area contributed by atoms with Crippen molar-refractivity contribution in [2.45, 2.75) is 6.92 Å². The topological polar surface area (TPSA) is 88.3 Å². The van der Waals surface area contributed by atoms with E-state index in [0.717, 1.165) is 0 Å². The van der Waals surface area contributed by atoms with Crippen LogP contribution in [-0.2, 0) is 0 Å². The molecule has 0 radical (unpaired) electrons. The number of nitrogens with one attached hydrogen (secondary N) is 1. The van der Waals surface area contributed by atoms with Crippen LogP contribution in [-0.4, -0.2) is 28.2 Å². The molecule has 0 bridgehead atoms. The highest BCUT2D eigenvalue weighted by Crippen LogP contribution is 2.23. The quantitative estimate of drug-likeness (QED) is 0.468. The zero-order chi connectivity index (χ0) is 12.1. The Morgan fingerprint density at radius 1 is 1.69 bits per heavy atom. The maximum absolute atomic E-state index is 10.7. The molecular formula is C9H12ClN3O3. The Morgan fingerprint density at radius 2 is 2.38 bits per heavy atom. The van der Waals surface area contributed by atoms with Gasteiger partial charge in [-0.3, -0.25) is 10.1 Å². The first kappa shape index (κ1) is 12.7. The standard InChI is InChI=1S/C9H12ClN3O3/c1-6(5-14)4-11-9-7(13(15)16)2-3-8(10)12-9/h2-3,6,14H,4-5H2,1H3,(H,11,12). The molecule has 88 valence electrons. The Balaban J connectivity index is 2.84. The van der Waals surface area contributed by atoms with Gasteiger partial charge in [-0.25, -0.2) is 4.98 Å². The van der Waals surface area contributed by atoms with Gasteiger partial charge in [-0.05, 0) is 12.0 Å². The zero-order valence-electron chi connectivity index (χ0n) is 8.68. The lowest BCUT2D eigenvalue weighted by Crippen LogP contribution is -2.16. The monoisotopic (exact) mass is 245 g/mol. The number of aliphatic hydroxyl groups excluding tert-OH is 1. The third-order valence-corrected chi connectivity index (χ3v) is 2.18. The molecule has 1 rings (SSSR count). The van der Waals surface area contributed by atoms with E-state index >= 15 is 0 Å². The van der Waals surface area contributed by atoms with E-state index in [1.54, 1.807) is 0 Å². The number of nitrogens with zero attached hydrogens (tertiary/aromatic N) is 2. The molecule has 0 aliphatic rings. The molecule has 0 saturated heterocycles. The first-order valence-corrected chi connectivity index (χ1v) is 5.08. The molecule has 0 aliphatic carbocycles. The van der Waals surface area contributed by atoms with Crippen LogP contribution in [0.5, 0.6) is 0 Å². The summed E-state index contributed by atoms with van der Waals surface area (Å²) < 4.78 is 0. The van der Waals surface area contributed by atoms with Crippen LogP contribution in [0.25, 0.3) is 0 Å². The minimum Gasteiger partial charge on any atom is -0.396 e.